The smallest absolute Gasteiger partial charge is 0.253 e. The van der Waals surface area contributed by atoms with Gasteiger partial charge in [-0.2, -0.15) is 10.2 Å². The number of halogens is 1. The molecule has 1 aliphatic rings. The van der Waals surface area contributed by atoms with E-state index in [4.69, 9.17) is 0 Å². The Hall–Kier alpha value is -1.20. The first-order valence-corrected chi connectivity index (χ1v) is 6.55. The molecule has 0 saturated carbocycles. The van der Waals surface area contributed by atoms with E-state index in [0.717, 1.165) is 43.7 Å². The zero-order valence-corrected chi connectivity index (χ0v) is 12.2. The Morgan fingerprint density at radius 2 is 2.32 bits per heavy atom. The maximum Gasteiger partial charge on any atom is 0.253 e. The molecular formula is C13H21ClN4O. The Balaban J connectivity index is 0.00000180. The molecule has 2 heterocycles. The van der Waals surface area contributed by atoms with Gasteiger partial charge in [0.2, 0.25) is 0 Å². The number of rotatable bonds is 3. The lowest BCUT2D eigenvalue weighted by molar-refractivity contribution is 0.0929. The van der Waals surface area contributed by atoms with Crippen LogP contribution in [0.15, 0.2) is 6.07 Å². The summed E-state index contributed by atoms with van der Waals surface area (Å²) in [7, 11) is 0. The normalized spacial score (nSPS) is 18.5. The first-order chi connectivity index (χ1) is 8.70. The second-order valence-corrected chi connectivity index (χ2v) is 4.72. The molecule has 2 N–H and O–H groups in total. The molecule has 19 heavy (non-hydrogen) atoms. The molecule has 1 atom stereocenters. The van der Waals surface area contributed by atoms with E-state index in [9.17, 15) is 4.79 Å². The summed E-state index contributed by atoms with van der Waals surface area (Å²) in [5.41, 5.74) is 2.21. The minimum absolute atomic E-state index is 0. The van der Waals surface area contributed by atoms with E-state index in [1.54, 1.807) is 0 Å². The highest BCUT2D eigenvalue weighted by Crippen LogP contribution is 2.09. The summed E-state index contributed by atoms with van der Waals surface area (Å²) in [6.45, 7) is 5.73. The van der Waals surface area contributed by atoms with E-state index in [0.29, 0.717) is 5.56 Å². The van der Waals surface area contributed by atoms with Crippen LogP contribution in [0.3, 0.4) is 0 Å². The van der Waals surface area contributed by atoms with Gasteiger partial charge in [0.15, 0.2) is 0 Å². The molecule has 0 unspecified atom stereocenters. The van der Waals surface area contributed by atoms with Crippen LogP contribution in [0.4, 0.5) is 0 Å². The minimum atomic E-state index is -0.0291. The molecule has 1 amide bonds. The van der Waals surface area contributed by atoms with Crippen molar-refractivity contribution in [1.29, 1.82) is 0 Å². The van der Waals surface area contributed by atoms with Crippen LogP contribution in [0.25, 0.3) is 0 Å². The van der Waals surface area contributed by atoms with Crippen molar-refractivity contribution in [1.82, 2.24) is 20.8 Å². The third kappa shape index (κ3) is 4.14. The number of carbonyl (C=O) groups excluding carboxylic acids is 1. The summed E-state index contributed by atoms with van der Waals surface area (Å²) < 4.78 is 0. The van der Waals surface area contributed by atoms with E-state index in [2.05, 4.69) is 20.8 Å². The molecule has 5 nitrogen and oxygen atoms in total. The number of nitrogens with zero attached hydrogens (tertiary/aromatic N) is 2. The molecule has 0 spiro atoms. The molecular weight excluding hydrogens is 264 g/mol. The third-order valence-electron chi connectivity index (χ3n) is 3.20. The number of amides is 1. The Bertz CT molecular complexity index is 433. The highest BCUT2D eigenvalue weighted by Gasteiger charge is 2.18. The van der Waals surface area contributed by atoms with E-state index < -0.39 is 0 Å². The summed E-state index contributed by atoms with van der Waals surface area (Å²) in [5.74, 6) is -0.0291. The molecule has 1 aromatic heterocycles. The van der Waals surface area contributed by atoms with Crippen LogP contribution >= 0.6 is 12.4 Å². The second-order valence-electron chi connectivity index (χ2n) is 4.72. The Morgan fingerprint density at radius 1 is 1.53 bits per heavy atom. The number of hydrogen-bond acceptors (Lipinski definition) is 4. The quantitative estimate of drug-likeness (QED) is 0.877. The topological polar surface area (TPSA) is 66.9 Å². The Morgan fingerprint density at radius 3 is 2.95 bits per heavy atom. The van der Waals surface area contributed by atoms with Gasteiger partial charge < -0.3 is 10.6 Å². The van der Waals surface area contributed by atoms with Gasteiger partial charge in [0.05, 0.1) is 17.0 Å². The lowest BCUT2D eigenvalue weighted by atomic mass is 10.1. The molecule has 1 saturated heterocycles. The molecule has 0 bridgehead atoms. The van der Waals surface area contributed by atoms with E-state index in [1.165, 1.54) is 0 Å². The number of carbonyl (C=O) groups is 1. The minimum Gasteiger partial charge on any atom is -0.348 e. The SMILES string of the molecule is CCc1nnc(C)cc1C(=O)N[C@H]1CCCNC1.Cl. The fourth-order valence-corrected chi connectivity index (χ4v) is 2.21. The molecule has 106 valence electrons. The van der Waals surface area contributed by atoms with Crippen LogP contribution in [0, 0.1) is 6.92 Å². The van der Waals surface area contributed by atoms with Crippen molar-refractivity contribution < 1.29 is 4.79 Å². The predicted octanol–water partition coefficient (Wildman–Crippen LogP) is 1.25. The lowest BCUT2D eigenvalue weighted by Gasteiger charge is -2.24. The summed E-state index contributed by atoms with van der Waals surface area (Å²) in [4.78, 5) is 12.2. The van der Waals surface area contributed by atoms with E-state index in [-0.39, 0.29) is 24.4 Å². The Kier molecular flexibility index (Phi) is 6.18. The first kappa shape index (κ1) is 15.9. The highest BCUT2D eigenvalue weighted by molar-refractivity contribution is 5.95. The maximum absolute atomic E-state index is 12.2. The van der Waals surface area contributed by atoms with Crippen LogP contribution in [-0.2, 0) is 6.42 Å². The fraction of sp³-hybridized carbons (Fsp3) is 0.615. The van der Waals surface area contributed by atoms with E-state index in [1.807, 2.05) is 19.9 Å². The van der Waals surface area contributed by atoms with Gasteiger partial charge >= 0.3 is 0 Å². The molecule has 2 rings (SSSR count). The average molecular weight is 285 g/mol. The highest BCUT2D eigenvalue weighted by atomic mass is 35.5. The summed E-state index contributed by atoms with van der Waals surface area (Å²) in [5, 5.41) is 14.4. The number of piperidine rings is 1. The van der Waals surface area contributed by atoms with Crippen molar-refractivity contribution in [2.75, 3.05) is 13.1 Å². The molecule has 0 radical (unpaired) electrons. The Labute approximate surface area is 120 Å². The molecule has 0 aliphatic carbocycles. The summed E-state index contributed by atoms with van der Waals surface area (Å²) in [6.07, 6.45) is 2.87. The lowest BCUT2D eigenvalue weighted by Crippen LogP contribution is -2.45. The van der Waals surface area contributed by atoms with Gasteiger partial charge in [0.1, 0.15) is 0 Å². The van der Waals surface area contributed by atoms with Crippen molar-refractivity contribution in [2.24, 2.45) is 0 Å². The van der Waals surface area contributed by atoms with Crippen molar-refractivity contribution in [3.05, 3.63) is 23.0 Å². The van der Waals surface area contributed by atoms with Crippen LogP contribution < -0.4 is 10.6 Å². The van der Waals surface area contributed by atoms with Gasteiger partial charge in [0, 0.05) is 12.6 Å². The first-order valence-electron chi connectivity index (χ1n) is 6.55. The van der Waals surface area contributed by atoms with Gasteiger partial charge in [-0.15, -0.1) is 12.4 Å². The van der Waals surface area contributed by atoms with Gasteiger partial charge in [-0.3, -0.25) is 4.79 Å². The van der Waals surface area contributed by atoms with Gasteiger partial charge in [-0.1, -0.05) is 6.92 Å². The monoisotopic (exact) mass is 284 g/mol. The largest absolute Gasteiger partial charge is 0.348 e. The second kappa shape index (κ2) is 7.40. The van der Waals surface area contributed by atoms with Crippen molar-refractivity contribution in [2.45, 2.75) is 39.2 Å². The summed E-state index contributed by atoms with van der Waals surface area (Å²) >= 11 is 0. The van der Waals surface area contributed by atoms with E-state index >= 15 is 0 Å². The third-order valence-corrected chi connectivity index (χ3v) is 3.20. The van der Waals surface area contributed by atoms with Gasteiger partial charge in [0.25, 0.3) is 5.91 Å². The number of nitrogens with one attached hydrogen (secondary N) is 2. The zero-order chi connectivity index (χ0) is 13.0. The maximum atomic E-state index is 12.2. The number of hydrogen-bond donors (Lipinski definition) is 2. The van der Waals surface area contributed by atoms with Crippen molar-refractivity contribution in [3.8, 4) is 0 Å². The number of aromatic nitrogens is 2. The molecule has 1 aromatic rings. The molecule has 1 aliphatic heterocycles. The van der Waals surface area contributed by atoms with Crippen LogP contribution in [0.2, 0.25) is 0 Å². The van der Waals surface area contributed by atoms with Crippen LogP contribution in [0.1, 0.15) is 41.5 Å². The molecule has 0 aromatic carbocycles. The van der Waals surface area contributed by atoms with Crippen molar-refractivity contribution >= 4 is 18.3 Å². The van der Waals surface area contributed by atoms with Gasteiger partial charge in [-0.25, -0.2) is 0 Å². The molecule has 1 fully saturated rings. The number of aryl methyl sites for hydroxylation is 2. The fourth-order valence-electron chi connectivity index (χ4n) is 2.21. The standard InChI is InChI=1S/C13H20N4O.ClH/c1-3-12-11(7-9(2)16-17-12)13(18)15-10-5-4-6-14-8-10;/h7,10,14H,3-6,8H2,1-2H3,(H,15,18);1H/t10-;/m0./s1. The molecule has 6 heteroatoms. The van der Waals surface area contributed by atoms with Crippen LogP contribution in [-0.4, -0.2) is 35.2 Å². The van der Waals surface area contributed by atoms with Gasteiger partial charge in [-0.05, 0) is 38.8 Å². The van der Waals surface area contributed by atoms with Crippen LogP contribution in [0.5, 0.6) is 0 Å². The average Bonchev–Trinajstić information content (AvgIpc) is 2.40. The zero-order valence-electron chi connectivity index (χ0n) is 11.4. The van der Waals surface area contributed by atoms with Crippen molar-refractivity contribution in [3.63, 3.8) is 0 Å². The summed E-state index contributed by atoms with van der Waals surface area (Å²) in [6, 6.07) is 2.04. The predicted molar refractivity (Wildman–Crippen MR) is 76.8 cm³/mol.